The van der Waals surface area contributed by atoms with Gasteiger partial charge in [-0.05, 0) is 239 Å². The Morgan fingerprint density at radius 3 is 1.19 bits per heavy atom. The van der Waals surface area contributed by atoms with Crippen molar-refractivity contribution >= 4 is 11.6 Å². The second kappa shape index (κ2) is 32.3. The fourth-order valence-corrected chi connectivity index (χ4v) is 11.6. The van der Waals surface area contributed by atoms with Crippen LogP contribution < -0.4 is 0 Å². The third kappa shape index (κ3) is 25.2. The van der Waals surface area contributed by atoms with E-state index < -0.39 is 0 Å². The molecule has 0 bridgehead atoms. The number of rotatable bonds is 6. The standard InChI is InChI=1S/2C10H19NO.2C10H21N.2C9H19N.2CH4/c1-8(2)11-7-9(12)5-6-10(11,3)4;1-8(2)11-7-5-6-9(12)10(11,3)4;1-9(2)11-7-5-6-10(3,4)8-11;1-9(2)11-8-6-5-7-10(11,3)4;2*1-8(2)10-6-4-5-9(3)7-10;;/h2*8H,5-7H2,1-4H3;2*9H,5-8H2,1-4H3;2*8-9H,4-7H2,1-3H3;2*1H4/t;;;;2*9-;;/m....10../s1. The molecule has 68 heavy (non-hydrogen) atoms. The Hall–Kier alpha value is -0.900. The number of hydrogen-bond donors (Lipinski definition) is 0. The van der Waals surface area contributed by atoms with Crippen molar-refractivity contribution in [3.63, 3.8) is 0 Å². The number of Topliss-reactive ketones (excluding diaryl/α,β-unsaturated/α-hetero) is 2. The Morgan fingerprint density at radius 1 is 0.441 bits per heavy atom. The molecule has 0 spiro atoms. The maximum atomic E-state index is 11.6. The van der Waals surface area contributed by atoms with Crippen molar-refractivity contribution in [3.05, 3.63) is 0 Å². The predicted octanol–water partition coefficient (Wildman–Crippen LogP) is 14.4. The van der Waals surface area contributed by atoms with E-state index in [2.05, 4.69) is 168 Å². The molecule has 6 aliphatic rings. The molecule has 0 aromatic carbocycles. The molecule has 6 rings (SSSR count). The molecule has 0 amide bonds. The quantitative estimate of drug-likeness (QED) is 0.261. The molecule has 6 fully saturated rings. The van der Waals surface area contributed by atoms with Gasteiger partial charge in [0.2, 0.25) is 0 Å². The molecule has 6 heterocycles. The zero-order valence-corrected chi connectivity index (χ0v) is 48.7. The second-order valence-corrected chi connectivity index (χ2v) is 26.0. The molecule has 0 aromatic heterocycles. The third-order valence-corrected chi connectivity index (χ3v) is 15.9. The summed E-state index contributed by atoms with van der Waals surface area (Å²) in [4.78, 5) is 37.8. The van der Waals surface area contributed by atoms with Crippen molar-refractivity contribution in [1.82, 2.24) is 29.4 Å². The number of piperidine rings is 6. The van der Waals surface area contributed by atoms with Crippen LogP contribution in [0.5, 0.6) is 0 Å². The summed E-state index contributed by atoms with van der Waals surface area (Å²) in [6.07, 6.45) is 16.2. The second-order valence-electron chi connectivity index (χ2n) is 26.0. The van der Waals surface area contributed by atoms with Crippen LogP contribution >= 0.6 is 0 Å². The normalized spacial score (nSPS) is 25.8. The fourth-order valence-electron chi connectivity index (χ4n) is 11.6. The summed E-state index contributed by atoms with van der Waals surface area (Å²) in [5.74, 6) is 2.64. The molecule has 8 nitrogen and oxygen atoms in total. The van der Waals surface area contributed by atoms with Gasteiger partial charge in [-0.25, -0.2) is 0 Å². The molecular weight excluding hydrogens is 837 g/mol. The molecule has 0 N–H and O–H groups in total. The molecule has 0 aliphatic carbocycles. The molecule has 0 saturated carbocycles. The molecule has 2 atom stereocenters. The maximum Gasteiger partial charge on any atom is 0.152 e. The van der Waals surface area contributed by atoms with E-state index in [1.165, 1.54) is 104 Å². The number of nitrogens with zero attached hydrogens (tertiary/aromatic N) is 6. The Labute approximate surface area is 428 Å². The first kappa shape index (κ1) is 69.2. The number of likely N-dealkylation sites (tertiary alicyclic amines) is 6. The van der Waals surface area contributed by atoms with E-state index in [-0.39, 0.29) is 25.9 Å². The van der Waals surface area contributed by atoms with E-state index in [9.17, 15) is 9.59 Å². The highest BCUT2D eigenvalue weighted by Crippen LogP contribution is 2.31. The number of ketones is 2. The monoisotopic (exact) mass is 963 g/mol. The first-order valence-electron chi connectivity index (χ1n) is 27.9. The Morgan fingerprint density at radius 2 is 0.868 bits per heavy atom. The van der Waals surface area contributed by atoms with E-state index in [1.807, 2.05) is 13.8 Å². The molecule has 8 heteroatoms. The zero-order valence-electron chi connectivity index (χ0n) is 48.7. The summed E-state index contributed by atoms with van der Waals surface area (Å²) < 4.78 is 0. The summed E-state index contributed by atoms with van der Waals surface area (Å²) in [5.41, 5.74) is 0.990. The average molecular weight is 964 g/mol. The first-order chi connectivity index (χ1) is 30.3. The van der Waals surface area contributed by atoms with Gasteiger partial charge in [-0.2, -0.15) is 0 Å². The molecule has 0 radical (unpaired) electrons. The van der Waals surface area contributed by atoms with Crippen LogP contribution in [-0.2, 0) is 9.59 Å². The van der Waals surface area contributed by atoms with Gasteiger partial charge in [0.1, 0.15) is 5.78 Å². The van der Waals surface area contributed by atoms with Crippen molar-refractivity contribution in [1.29, 1.82) is 0 Å². The highest BCUT2D eigenvalue weighted by atomic mass is 16.1. The van der Waals surface area contributed by atoms with Gasteiger partial charge in [0.25, 0.3) is 0 Å². The number of hydrogen-bond acceptors (Lipinski definition) is 8. The molecule has 6 saturated heterocycles. The molecule has 408 valence electrons. The van der Waals surface area contributed by atoms with Gasteiger partial charge >= 0.3 is 0 Å². The van der Waals surface area contributed by atoms with Crippen molar-refractivity contribution in [2.75, 3.05) is 58.9 Å². The minimum Gasteiger partial charge on any atom is -0.301 e. The molecule has 0 unspecified atom stereocenters. The van der Waals surface area contributed by atoms with Gasteiger partial charge in [0.15, 0.2) is 5.78 Å². The van der Waals surface area contributed by atoms with Crippen LogP contribution in [0.3, 0.4) is 0 Å². The minimum atomic E-state index is -0.230. The first-order valence-corrected chi connectivity index (χ1v) is 27.9. The molecular formula is C60H126N6O2. The van der Waals surface area contributed by atoms with Crippen LogP contribution in [0.1, 0.15) is 251 Å². The summed E-state index contributed by atoms with van der Waals surface area (Å²) >= 11 is 0. The SMILES string of the molecule is C.C.CC(C)N1CC(=O)CCC1(C)C.CC(C)N1CCCC(=O)C1(C)C.CC(C)N1CCCC(C)(C)C1.CC(C)N1CCCCC1(C)C.CC(C)N1CCC[C@@H](C)C1.CC(C)N1CCC[C@H](C)C1. The lowest BCUT2D eigenvalue weighted by Gasteiger charge is -2.45. The van der Waals surface area contributed by atoms with E-state index in [1.54, 1.807) is 0 Å². The van der Waals surface area contributed by atoms with Crippen LogP contribution in [0.15, 0.2) is 0 Å². The van der Waals surface area contributed by atoms with Crippen molar-refractivity contribution in [2.24, 2.45) is 17.3 Å². The van der Waals surface area contributed by atoms with Crippen LogP contribution in [0.2, 0.25) is 0 Å². The van der Waals surface area contributed by atoms with Crippen molar-refractivity contribution < 1.29 is 9.59 Å². The van der Waals surface area contributed by atoms with E-state index in [0.29, 0.717) is 47.2 Å². The average Bonchev–Trinajstić information content (AvgIpc) is 3.20. The largest absolute Gasteiger partial charge is 0.301 e. The van der Waals surface area contributed by atoms with Gasteiger partial charge in [0.05, 0.1) is 12.1 Å². The van der Waals surface area contributed by atoms with Gasteiger partial charge in [-0.1, -0.05) is 49.0 Å². The van der Waals surface area contributed by atoms with Crippen molar-refractivity contribution in [3.8, 4) is 0 Å². The Bertz CT molecular complexity index is 1300. The minimum absolute atomic E-state index is 0. The van der Waals surface area contributed by atoms with Crippen LogP contribution in [0, 0.1) is 17.3 Å². The van der Waals surface area contributed by atoms with Crippen LogP contribution in [0.4, 0.5) is 0 Å². The van der Waals surface area contributed by atoms with E-state index >= 15 is 0 Å². The summed E-state index contributed by atoms with van der Waals surface area (Å²) in [6.45, 7) is 60.5. The lowest BCUT2D eigenvalue weighted by atomic mass is 9.84. The Balaban J connectivity index is 0. The van der Waals surface area contributed by atoms with Crippen LogP contribution in [0.25, 0.3) is 0 Å². The topological polar surface area (TPSA) is 53.6 Å². The molecule has 0 aromatic rings. The molecule has 6 aliphatic heterocycles. The zero-order chi connectivity index (χ0) is 50.8. The van der Waals surface area contributed by atoms with Crippen LogP contribution in [-0.4, -0.2) is 153 Å². The summed E-state index contributed by atoms with van der Waals surface area (Å²) in [5, 5.41) is 0. The van der Waals surface area contributed by atoms with Crippen molar-refractivity contribution in [2.45, 2.75) is 304 Å². The lowest BCUT2D eigenvalue weighted by Crippen LogP contribution is -2.56. The predicted molar refractivity (Wildman–Crippen MR) is 303 cm³/mol. The number of carbonyl (C=O) groups excluding carboxylic acids is 2. The highest BCUT2D eigenvalue weighted by molar-refractivity contribution is 5.88. The number of carbonyl (C=O) groups is 2. The fraction of sp³-hybridized carbons (Fsp3) is 0.967. The smallest absolute Gasteiger partial charge is 0.152 e. The van der Waals surface area contributed by atoms with Gasteiger partial charge in [0, 0.05) is 79.8 Å². The maximum absolute atomic E-state index is 11.6. The third-order valence-electron chi connectivity index (χ3n) is 15.9. The van der Waals surface area contributed by atoms with Gasteiger partial charge < -0.3 is 14.7 Å². The highest BCUT2D eigenvalue weighted by Gasteiger charge is 2.38. The Kier molecular flexibility index (Phi) is 32.9. The van der Waals surface area contributed by atoms with Gasteiger partial charge in [-0.15, -0.1) is 0 Å². The lowest BCUT2D eigenvalue weighted by molar-refractivity contribution is -0.134. The van der Waals surface area contributed by atoms with E-state index in [4.69, 9.17) is 0 Å². The summed E-state index contributed by atoms with van der Waals surface area (Å²) in [7, 11) is 0. The summed E-state index contributed by atoms with van der Waals surface area (Å²) in [6, 6.07) is 3.90. The van der Waals surface area contributed by atoms with E-state index in [0.717, 1.165) is 62.2 Å². The van der Waals surface area contributed by atoms with Gasteiger partial charge in [-0.3, -0.25) is 24.3 Å².